The van der Waals surface area contributed by atoms with Gasteiger partial charge in [-0.3, -0.25) is 0 Å². The molecule has 1 unspecified atom stereocenters. The van der Waals surface area contributed by atoms with E-state index in [0.29, 0.717) is 31.1 Å². The lowest BCUT2D eigenvalue weighted by molar-refractivity contribution is -0.576. The van der Waals surface area contributed by atoms with Crippen molar-refractivity contribution in [2.45, 2.75) is 76.7 Å². The van der Waals surface area contributed by atoms with Crippen LogP contribution >= 0.6 is 11.6 Å². The van der Waals surface area contributed by atoms with E-state index in [4.69, 9.17) is 40.4 Å². The Morgan fingerprint density at radius 3 is 1.92 bits per heavy atom. The lowest BCUT2D eigenvalue weighted by Crippen LogP contribution is -2.76. The summed E-state index contributed by atoms with van der Waals surface area (Å²) in [6.45, 7) is 5.25. The molecule has 2 N–H and O–H groups in total. The van der Waals surface area contributed by atoms with Crippen molar-refractivity contribution in [3.05, 3.63) is 171 Å². The average Bonchev–Trinajstić information content (AvgIpc) is 3.67. The van der Waals surface area contributed by atoms with Crippen LogP contribution in [0.5, 0.6) is 5.75 Å². The van der Waals surface area contributed by atoms with Crippen molar-refractivity contribution < 1.29 is 33.9 Å². The fourth-order valence-corrected chi connectivity index (χ4v) is 7.01. The van der Waals surface area contributed by atoms with Crippen LogP contribution in [-0.4, -0.2) is 41.4 Å². The van der Waals surface area contributed by atoms with Crippen molar-refractivity contribution >= 4 is 11.6 Å². The molecule has 5 aromatic carbocycles. The Kier molecular flexibility index (Phi) is 12.8. The first kappa shape index (κ1) is 37.7. The summed E-state index contributed by atoms with van der Waals surface area (Å²) in [5, 5.41) is 19.8. The summed E-state index contributed by atoms with van der Waals surface area (Å²) in [4.78, 5) is 0. The smallest absolute Gasteiger partial charge is 0.227 e. The maximum Gasteiger partial charge on any atom is 0.227 e. The van der Waals surface area contributed by atoms with Gasteiger partial charge in [-0.1, -0.05) is 135 Å². The molecule has 7 nitrogen and oxygen atoms in total. The molecule has 0 spiro atoms. The second-order valence-electron chi connectivity index (χ2n) is 12.9. The standard InChI is InChI=1S/C35H33ClO6.C7H8O.C2H6/c36-30-13-12-29(19-28(30)18-26-11-14-31-27(17-26)15-16-38-31)34-20-32(39-21-24-7-3-1-4-8-24)33(35(23-37,41-34)42-34)40-22-25-9-5-2-6-10-25;8-6-7-4-2-1-3-5-7;1-2/h1-14,17,19,32-33,37H,15-16,18,20-23H2;1-5,8H,6H2;1-2H3/t32?,33-,34?,35?;;/m0../s1. The van der Waals surface area contributed by atoms with Crippen LogP contribution < -0.4 is 4.74 Å². The van der Waals surface area contributed by atoms with Crippen LogP contribution in [0.1, 0.15) is 59.2 Å². The van der Waals surface area contributed by atoms with Crippen molar-refractivity contribution in [2.24, 2.45) is 0 Å². The van der Waals surface area contributed by atoms with E-state index in [9.17, 15) is 5.11 Å². The largest absolute Gasteiger partial charge is 0.493 e. The Balaban J connectivity index is 0.000000407. The summed E-state index contributed by atoms with van der Waals surface area (Å²) in [6.07, 6.45) is 0.965. The van der Waals surface area contributed by atoms with Crippen molar-refractivity contribution in [1.82, 2.24) is 0 Å². The number of benzene rings is 5. The second-order valence-corrected chi connectivity index (χ2v) is 13.3. The molecule has 0 radical (unpaired) electrons. The maximum atomic E-state index is 10.6. The van der Waals surface area contributed by atoms with Crippen LogP contribution in [0, 0.1) is 0 Å². The lowest BCUT2D eigenvalue weighted by atomic mass is 9.83. The zero-order valence-electron chi connectivity index (χ0n) is 29.7. The van der Waals surface area contributed by atoms with Crippen LogP contribution in [0.2, 0.25) is 5.02 Å². The van der Waals surface area contributed by atoms with Crippen LogP contribution in [0.3, 0.4) is 0 Å². The number of aliphatic hydroxyl groups excluding tert-OH is 2. The summed E-state index contributed by atoms with van der Waals surface area (Å²) in [5.74, 6) is -1.46. The molecule has 2 atom stereocenters. The van der Waals surface area contributed by atoms with Gasteiger partial charge >= 0.3 is 0 Å². The topological polar surface area (TPSA) is 86.6 Å². The highest BCUT2D eigenvalue weighted by Gasteiger charge is 2.70. The summed E-state index contributed by atoms with van der Waals surface area (Å²) in [5.41, 5.74) is 7.24. The fourth-order valence-electron chi connectivity index (χ4n) is 6.83. The number of halogens is 1. The van der Waals surface area contributed by atoms with Crippen molar-refractivity contribution in [3.8, 4) is 5.75 Å². The van der Waals surface area contributed by atoms with E-state index in [1.165, 1.54) is 5.56 Å². The van der Waals surface area contributed by atoms with Gasteiger partial charge in [0.25, 0.3) is 0 Å². The number of fused-ring (bicyclic) bond motifs is 3. The van der Waals surface area contributed by atoms with E-state index < -0.39 is 17.7 Å². The van der Waals surface area contributed by atoms with Crippen molar-refractivity contribution in [3.63, 3.8) is 0 Å². The van der Waals surface area contributed by atoms with Gasteiger partial charge in [-0.05, 0) is 58.0 Å². The molecule has 4 aliphatic rings. The second kappa shape index (κ2) is 17.6. The van der Waals surface area contributed by atoms with Crippen LogP contribution in [0.25, 0.3) is 0 Å². The van der Waals surface area contributed by atoms with Gasteiger partial charge in [0.15, 0.2) is 0 Å². The van der Waals surface area contributed by atoms with Crippen LogP contribution in [-0.2, 0) is 57.4 Å². The van der Waals surface area contributed by atoms with Gasteiger partial charge in [0.1, 0.15) is 18.5 Å². The zero-order valence-corrected chi connectivity index (χ0v) is 30.5. The first-order chi connectivity index (χ1) is 25.5. The van der Waals surface area contributed by atoms with E-state index >= 15 is 0 Å². The summed E-state index contributed by atoms with van der Waals surface area (Å²) in [6, 6.07) is 41.7. The molecular formula is C44H47ClO7. The van der Waals surface area contributed by atoms with Gasteiger partial charge in [-0.25, -0.2) is 0 Å². The number of rotatable bonds is 11. The maximum absolute atomic E-state index is 10.6. The molecule has 0 amide bonds. The molecule has 0 aliphatic carbocycles. The Morgan fingerprint density at radius 1 is 0.712 bits per heavy atom. The molecular weight excluding hydrogens is 676 g/mol. The van der Waals surface area contributed by atoms with E-state index in [1.54, 1.807) is 0 Å². The number of hydrogen-bond acceptors (Lipinski definition) is 7. The Labute approximate surface area is 311 Å². The predicted molar refractivity (Wildman–Crippen MR) is 202 cm³/mol. The zero-order chi connectivity index (χ0) is 36.4. The van der Waals surface area contributed by atoms with E-state index in [2.05, 4.69) is 12.1 Å². The Morgan fingerprint density at radius 2 is 1.33 bits per heavy atom. The molecule has 52 heavy (non-hydrogen) atoms. The lowest BCUT2D eigenvalue weighted by Gasteiger charge is -2.63. The molecule has 0 saturated carbocycles. The van der Waals surface area contributed by atoms with Gasteiger partial charge in [0.05, 0.1) is 32.5 Å². The van der Waals surface area contributed by atoms with Gasteiger partial charge in [0.2, 0.25) is 11.6 Å². The minimum atomic E-state index is -1.34. The average molecular weight is 723 g/mol. The third-order valence-corrected chi connectivity index (χ3v) is 9.74. The molecule has 3 saturated heterocycles. The molecule has 4 aliphatic heterocycles. The molecule has 3 fully saturated rings. The molecule has 272 valence electrons. The quantitative estimate of drug-likeness (QED) is 0.141. The normalized spacial score (nSPS) is 22.4. The molecule has 5 aromatic rings. The van der Waals surface area contributed by atoms with Crippen LogP contribution in [0.4, 0.5) is 0 Å². The first-order valence-corrected chi connectivity index (χ1v) is 18.4. The highest BCUT2D eigenvalue weighted by molar-refractivity contribution is 6.31. The van der Waals surface area contributed by atoms with Crippen molar-refractivity contribution in [1.29, 1.82) is 0 Å². The Hall–Kier alpha value is -4.05. The van der Waals surface area contributed by atoms with Gasteiger partial charge in [-0.2, -0.15) is 0 Å². The SMILES string of the molecule is CC.OCC12OC(c3ccc(Cl)c(Cc4ccc5c(c4)CCO5)c3)(CC(OCc3ccccc3)[C@@H]1OCc1ccccc1)O2.OCc1ccccc1. The van der Waals surface area contributed by atoms with Crippen molar-refractivity contribution in [2.75, 3.05) is 13.2 Å². The molecule has 0 aromatic heterocycles. The minimum Gasteiger partial charge on any atom is -0.493 e. The highest BCUT2D eigenvalue weighted by Crippen LogP contribution is 2.57. The summed E-state index contributed by atoms with van der Waals surface area (Å²) in [7, 11) is 0. The number of aliphatic hydroxyl groups is 2. The van der Waals surface area contributed by atoms with Gasteiger partial charge < -0.3 is 33.9 Å². The van der Waals surface area contributed by atoms with Crippen LogP contribution in [0.15, 0.2) is 127 Å². The van der Waals surface area contributed by atoms with E-state index in [-0.39, 0.29) is 19.3 Å². The first-order valence-electron chi connectivity index (χ1n) is 18.0. The molecule has 2 bridgehead atoms. The predicted octanol–water partition coefficient (Wildman–Crippen LogP) is 8.53. The fraction of sp³-hybridized carbons (Fsp3) is 0.318. The number of hydrogen-bond donors (Lipinski definition) is 2. The monoisotopic (exact) mass is 722 g/mol. The van der Waals surface area contributed by atoms with E-state index in [0.717, 1.165) is 52.2 Å². The highest BCUT2D eigenvalue weighted by atomic mass is 35.5. The third kappa shape index (κ3) is 8.59. The van der Waals surface area contributed by atoms with Gasteiger partial charge in [0, 0.05) is 23.4 Å². The molecule has 4 heterocycles. The Bertz CT molecular complexity index is 1850. The minimum absolute atomic E-state index is 0.140. The van der Waals surface area contributed by atoms with E-state index in [1.807, 2.05) is 129 Å². The molecule has 9 rings (SSSR count). The van der Waals surface area contributed by atoms with Gasteiger partial charge in [-0.15, -0.1) is 0 Å². The third-order valence-electron chi connectivity index (χ3n) is 9.38. The summed E-state index contributed by atoms with van der Waals surface area (Å²) < 4.78 is 31.6. The number of ether oxygens (including phenoxy) is 5. The summed E-state index contributed by atoms with van der Waals surface area (Å²) >= 11 is 6.69. The molecule has 8 heteroatoms.